The van der Waals surface area contributed by atoms with Crippen LogP contribution in [0.4, 0.5) is 5.69 Å². The number of rotatable bonds is 2. The fourth-order valence-electron chi connectivity index (χ4n) is 3.16. The second-order valence-electron chi connectivity index (χ2n) is 5.07. The zero-order chi connectivity index (χ0) is 12.5. The van der Waals surface area contributed by atoms with Crippen molar-refractivity contribution in [2.75, 3.05) is 11.9 Å². The predicted octanol–water partition coefficient (Wildman–Crippen LogP) is 2.17. The van der Waals surface area contributed by atoms with E-state index in [1.54, 1.807) is 6.20 Å². The van der Waals surface area contributed by atoms with E-state index in [1.165, 1.54) is 19.3 Å². The van der Waals surface area contributed by atoms with Gasteiger partial charge in [-0.2, -0.15) is 0 Å². The minimum Gasteiger partial charge on any atom is -0.322 e. The molecule has 2 heterocycles. The van der Waals surface area contributed by atoms with Gasteiger partial charge in [0.15, 0.2) is 0 Å². The molecule has 18 heavy (non-hydrogen) atoms. The van der Waals surface area contributed by atoms with Crippen molar-refractivity contribution >= 4 is 27.5 Å². The number of hydrogen-bond acceptors (Lipinski definition) is 3. The number of hydrogen-bond donors (Lipinski definition) is 2. The van der Waals surface area contributed by atoms with Gasteiger partial charge in [0.1, 0.15) is 4.60 Å². The SMILES string of the molecule is O=C(Nc1cccnc1Br)C1NCC2CCCC21. The van der Waals surface area contributed by atoms with E-state index in [-0.39, 0.29) is 11.9 Å². The number of aromatic nitrogens is 1. The first-order valence-electron chi connectivity index (χ1n) is 6.40. The molecule has 1 aliphatic heterocycles. The molecule has 4 nitrogen and oxygen atoms in total. The highest BCUT2D eigenvalue weighted by Crippen LogP contribution is 2.38. The molecule has 3 atom stereocenters. The largest absolute Gasteiger partial charge is 0.322 e. The van der Waals surface area contributed by atoms with E-state index >= 15 is 0 Å². The molecule has 96 valence electrons. The summed E-state index contributed by atoms with van der Waals surface area (Å²) in [5.74, 6) is 1.27. The first kappa shape index (κ1) is 12.1. The Hall–Kier alpha value is -0.940. The number of nitrogens with one attached hydrogen (secondary N) is 2. The highest BCUT2D eigenvalue weighted by Gasteiger charge is 2.42. The number of nitrogens with zero attached hydrogens (tertiary/aromatic N) is 1. The van der Waals surface area contributed by atoms with Crippen LogP contribution in [0.25, 0.3) is 0 Å². The molecule has 2 aliphatic rings. The van der Waals surface area contributed by atoms with Crippen molar-refractivity contribution in [3.05, 3.63) is 22.9 Å². The quantitative estimate of drug-likeness (QED) is 0.823. The summed E-state index contributed by atoms with van der Waals surface area (Å²) in [6.07, 6.45) is 5.39. The van der Waals surface area contributed by atoms with Crippen LogP contribution in [-0.2, 0) is 4.79 Å². The van der Waals surface area contributed by atoms with Crippen LogP contribution in [0.2, 0.25) is 0 Å². The van der Waals surface area contributed by atoms with Gasteiger partial charge in [0.25, 0.3) is 0 Å². The van der Waals surface area contributed by atoms with Gasteiger partial charge in [-0.3, -0.25) is 4.79 Å². The summed E-state index contributed by atoms with van der Waals surface area (Å²) in [5, 5.41) is 6.30. The normalized spacial score (nSPS) is 30.2. The average molecular weight is 310 g/mol. The molecule has 5 heteroatoms. The van der Waals surface area contributed by atoms with Gasteiger partial charge in [-0.05, 0) is 59.3 Å². The third-order valence-corrected chi connectivity index (χ3v) is 4.68. The fourth-order valence-corrected chi connectivity index (χ4v) is 3.51. The molecule has 1 saturated carbocycles. The van der Waals surface area contributed by atoms with Crippen LogP contribution in [0.15, 0.2) is 22.9 Å². The fraction of sp³-hybridized carbons (Fsp3) is 0.538. The minimum atomic E-state index is -0.0374. The summed E-state index contributed by atoms with van der Waals surface area (Å²) in [6, 6.07) is 3.64. The zero-order valence-electron chi connectivity index (χ0n) is 10.0. The lowest BCUT2D eigenvalue weighted by atomic mass is 9.93. The van der Waals surface area contributed by atoms with Gasteiger partial charge < -0.3 is 10.6 Å². The summed E-state index contributed by atoms with van der Waals surface area (Å²) in [4.78, 5) is 16.4. The Morgan fingerprint density at radius 3 is 3.22 bits per heavy atom. The molecule has 1 saturated heterocycles. The molecule has 3 unspecified atom stereocenters. The molecule has 0 radical (unpaired) electrons. The lowest BCUT2D eigenvalue weighted by molar-refractivity contribution is -0.118. The summed E-state index contributed by atoms with van der Waals surface area (Å²) < 4.78 is 0.680. The van der Waals surface area contributed by atoms with Crippen LogP contribution in [0.5, 0.6) is 0 Å². The summed E-state index contributed by atoms with van der Waals surface area (Å²) in [7, 11) is 0. The standard InChI is InChI=1S/C13H16BrN3O/c14-12-10(5-2-6-15-12)17-13(18)11-9-4-1-3-8(9)7-16-11/h2,5-6,8-9,11,16H,1,3-4,7H2,(H,17,18). The molecule has 0 spiro atoms. The van der Waals surface area contributed by atoms with Gasteiger partial charge in [-0.1, -0.05) is 6.42 Å². The number of fused-ring (bicyclic) bond motifs is 1. The van der Waals surface area contributed by atoms with Crippen LogP contribution in [-0.4, -0.2) is 23.5 Å². The Balaban J connectivity index is 1.70. The minimum absolute atomic E-state index is 0.0374. The smallest absolute Gasteiger partial charge is 0.241 e. The summed E-state index contributed by atoms with van der Waals surface area (Å²) >= 11 is 3.34. The maximum Gasteiger partial charge on any atom is 0.241 e. The monoisotopic (exact) mass is 309 g/mol. The Labute approximate surface area is 115 Å². The predicted molar refractivity (Wildman–Crippen MR) is 73.2 cm³/mol. The topological polar surface area (TPSA) is 54.0 Å². The maximum atomic E-state index is 12.3. The molecule has 0 bridgehead atoms. The Morgan fingerprint density at radius 1 is 1.50 bits per heavy atom. The second kappa shape index (κ2) is 4.97. The van der Waals surface area contributed by atoms with Crippen molar-refractivity contribution < 1.29 is 4.79 Å². The van der Waals surface area contributed by atoms with Crippen LogP contribution < -0.4 is 10.6 Å². The van der Waals surface area contributed by atoms with E-state index in [4.69, 9.17) is 0 Å². The molecule has 1 amide bonds. The van der Waals surface area contributed by atoms with Crippen molar-refractivity contribution in [2.24, 2.45) is 11.8 Å². The molecule has 2 N–H and O–H groups in total. The van der Waals surface area contributed by atoms with E-state index in [9.17, 15) is 4.79 Å². The van der Waals surface area contributed by atoms with Crippen molar-refractivity contribution in [1.29, 1.82) is 0 Å². The molecular formula is C13H16BrN3O. The van der Waals surface area contributed by atoms with Gasteiger partial charge >= 0.3 is 0 Å². The first-order chi connectivity index (χ1) is 8.75. The van der Waals surface area contributed by atoms with Crippen LogP contribution >= 0.6 is 15.9 Å². The molecule has 1 aromatic heterocycles. The summed E-state index contributed by atoms with van der Waals surface area (Å²) in [5.41, 5.74) is 0.741. The van der Waals surface area contributed by atoms with Gasteiger partial charge in [0, 0.05) is 6.20 Å². The molecule has 3 rings (SSSR count). The number of carbonyl (C=O) groups excluding carboxylic acids is 1. The van der Waals surface area contributed by atoms with Crippen LogP contribution in [0, 0.1) is 11.8 Å². The van der Waals surface area contributed by atoms with Crippen molar-refractivity contribution in [3.8, 4) is 0 Å². The number of pyridine rings is 1. The van der Waals surface area contributed by atoms with E-state index in [1.807, 2.05) is 12.1 Å². The highest BCUT2D eigenvalue weighted by atomic mass is 79.9. The number of anilines is 1. The zero-order valence-corrected chi connectivity index (χ0v) is 11.6. The lowest BCUT2D eigenvalue weighted by Gasteiger charge is -2.18. The lowest BCUT2D eigenvalue weighted by Crippen LogP contribution is -2.39. The Kier molecular flexibility index (Phi) is 3.35. The van der Waals surface area contributed by atoms with Crippen LogP contribution in [0.3, 0.4) is 0 Å². The first-order valence-corrected chi connectivity index (χ1v) is 7.20. The van der Waals surface area contributed by atoms with E-state index in [0.717, 1.165) is 12.2 Å². The molecule has 0 aromatic carbocycles. The van der Waals surface area contributed by atoms with Crippen LogP contribution in [0.1, 0.15) is 19.3 Å². The van der Waals surface area contributed by atoms with Gasteiger partial charge in [-0.15, -0.1) is 0 Å². The highest BCUT2D eigenvalue weighted by molar-refractivity contribution is 9.10. The molecule has 2 fully saturated rings. The molecule has 1 aliphatic carbocycles. The van der Waals surface area contributed by atoms with Gasteiger partial charge in [-0.25, -0.2) is 4.98 Å². The summed E-state index contributed by atoms with van der Waals surface area (Å²) in [6.45, 7) is 0.983. The Morgan fingerprint density at radius 2 is 2.39 bits per heavy atom. The van der Waals surface area contributed by atoms with Crippen molar-refractivity contribution in [1.82, 2.24) is 10.3 Å². The van der Waals surface area contributed by atoms with Crippen molar-refractivity contribution in [3.63, 3.8) is 0 Å². The Bertz CT molecular complexity index is 465. The van der Waals surface area contributed by atoms with Crippen molar-refractivity contribution in [2.45, 2.75) is 25.3 Å². The van der Waals surface area contributed by atoms with E-state index in [0.29, 0.717) is 16.4 Å². The number of amides is 1. The number of carbonyl (C=O) groups is 1. The van der Waals surface area contributed by atoms with E-state index < -0.39 is 0 Å². The average Bonchev–Trinajstić information content (AvgIpc) is 2.93. The molecular weight excluding hydrogens is 294 g/mol. The number of halogens is 1. The third kappa shape index (κ3) is 2.17. The third-order valence-electron chi connectivity index (χ3n) is 4.05. The van der Waals surface area contributed by atoms with E-state index in [2.05, 4.69) is 31.5 Å². The van der Waals surface area contributed by atoms with Gasteiger partial charge in [0.05, 0.1) is 11.7 Å². The second-order valence-corrected chi connectivity index (χ2v) is 5.82. The van der Waals surface area contributed by atoms with Gasteiger partial charge in [0.2, 0.25) is 5.91 Å². The maximum absolute atomic E-state index is 12.3. The molecule has 1 aromatic rings.